The van der Waals surface area contributed by atoms with Crippen LogP contribution in [0.2, 0.25) is 19.1 Å². The summed E-state index contributed by atoms with van der Waals surface area (Å²) >= 11 is 0. The molecule has 0 aliphatic carbocycles. The Hall–Kier alpha value is 0.0669. The standard InChI is InChI=1S/C21H46O6S3Si/c1-7-8-9-10-11-12-13-14-15-16-17-18-19-20-31(5,6)21(28(2,22)23,29(3,24)25)30(4,26)27/h7-20H2,1-6H3. The Morgan fingerprint density at radius 2 is 0.774 bits per heavy atom. The van der Waals surface area contributed by atoms with E-state index in [1.54, 1.807) is 13.1 Å². The predicted octanol–water partition coefficient (Wildman–Crippen LogP) is 5.11. The summed E-state index contributed by atoms with van der Waals surface area (Å²) in [6.07, 6.45) is 17.4. The molecule has 0 radical (unpaired) electrons. The minimum absolute atomic E-state index is 0.345. The van der Waals surface area contributed by atoms with Gasteiger partial charge in [-0.05, 0) is 0 Å². The number of unbranched alkanes of at least 4 members (excludes halogenated alkanes) is 12. The number of sulfone groups is 3. The van der Waals surface area contributed by atoms with Crippen molar-refractivity contribution >= 4 is 37.6 Å². The summed E-state index contributed by atoms with van der Waals surface area (Å²) in [6, 6.07) is 0.345. The van der Waals surface area contributed by atoms with E-state index in [2.05, 4.69) is 6.92 Å². The van der Waals surface area contributed by atoms with Crippen LogP contribution >= 0.6 is 0 Å². The summed E-state index contributed by atoms with van der Waals surface area (Å²) in [4.78, 5) is 0. The fraction of sp³-hybridized carbons (Fsp3) is 1.00. The lowest BCUT2D eigenvalue weighted by Gasteiger charge is -2.40. The first-order valence-corrected chi connectivity index (χ1v) is 20.5. The van der Waals surface area contributed by atoms with Gasteiger partial charge >= 0.3 is 0 Å². The van der Waals surface area contributed by atoms with E-state index in [1.165, 1.54) is 57.8 Å². The summed E-state index contributed by atoms with van der Waals surface area (Å²) in [6.45, 7) is 5.38. The maximum absolute atomic E-state index is 12.6. The summed E-state index contributed by atoms with van der Waals surface area (Å²) in [7, 11) is -16.4. The molecule has 188 valence electrons. The Labute approximate surface area is 193 Å². The number of hydrogen-bond acceptors (Lipinski definition) is 6. The molecule has 0 aromatic carbocycles. The summed E-state index contributed by atoms with van der Waals surface area (Å²) < 4.78 is 72.9. The summed E-state index contributed by atoms with van der Waals surface area (Å²) in [5, 5.41) is 0. The molecule has 6 nitrogen and oxygen atoms in total. The number of hydrogen-bond donors (Lipinski definition) is 0. The highest BCUT2D eigenvalue weighted by atomic mass is 32.3. The maximum atomic E-state index is 12.6. The lowest BCUT2D eigenvalue weighted by Crippen LogP contribution is -2.67. The molecule has 0 fully saturated rings. The van der Waals surface area contributed by atoms with Gasteiger partial charge in [-0.15, -0.1) is 0 Å². The molecule has 0 spiro atoms. The quantitative estimate of drug-likeness (QED) is 0.184. The van der Waals surface area contributed by atoms with E-state index in [9.17, 15) is 25.3 Å². The minimum atomic E-state index is -4.38. The highest BCUT2D eigenvalue weighted by Crippen LogP contribution is 2.42. The molecule has 0 aromatic rings. The molecule has 0 aromatic heterocycles. The average Bonchev–Trinajstić information content (AvgIpc) is 2.54. The van der Waals surface area contributed by atoms with Crippen molar-refractivity contribution in [2.75, 3.05) is 18.8 Å². The molecule has 0 heterocycles. The SMILES string of the molecule is CCCCCCCCCCCCCCC[Si](C)(C)C(S(C)(=O)=O)(S(C)(=O)=O)S(C)(=O)=O. The molecular formula is C21H46O6S3Si. The lowest BCUT2D eigenvalue weighted by molar-refractivity contribution is 0.542. The van der Waals surface area contributed by atoms with Crippen molar-refractivity contribution in [3.8, 4) is 0 Å². The smallest absolute Gasteiger partial charge is 0.227 e. The monoisotopic (exact) mass is 518 g/mol. The van der Waals surface area contributed by atoms with Crippen LogP contribution in [-0.2, 0) is 29.5 Å². The van der Waals surface area contributed by atoms with Gasteiger partial charge in [0.1, 0.15) is 8.07 Å². The molecule has 0 atom stereocenters. The second-order valence-corrected chi connectivity index (χ2v) is 23.1. The maximum Gasteiger partial charge on any atom is 0.256 e. The molecule has 0 aliphatic rings. The second-order valence-electron chi connectivity index (χ2n) is 9.75. The molecule has 0 saturated carbocycles. The molecule has 0 N–H and O–H groups in total. The van der Waals surface area contributed by atoms with E-state index < -0.39 is 40.6 Å². The van der Waals surface area contributed by atoms with Crippen molar-refractivity contribution in [3.05, 3.63) is 0 Å². The van der Waals surface area contributed by atoms with Crippen molar-refractivity contribution in [1.29, 1.82) is 0 Å². The third kappa shape index (κ3) is 8.74. The van der Waals surface area contributed by atoms with Crippen LogP contribution in [0.25, 0.3) is 0 Å². The van der Waals surface area contributed by atoms with Crippen LogP contribution in [0, 0.1) is 0 Å². The highest BCUT2D eigenvalue weighted by molar-refractivity contribution is 8.28. The molecule has 0 unspecified atom stereocenters. The van der Waals surface area contributed by atoms with Crippen LogP contribution in [0.1, 0.15) is 90.4 Å². The Kier molecular flexibility index (Phi) is 13.1. The molecule has 0 amide bonds. The Balaban J connectivity index is 4.64. The van der Waals surface area contributed by atoms with Gasteiger partial charge in [0.25, 0.3) is 3.03 Å². The molecule has 0 bridgehead atoms. The van der Waals surface area contributed by atoms with E-state index in [4.69, 9.17) is 0 Å². The zero-order chi connectivity index (χ0) is 24.4. The van der Waals surface area contributed by atoms with Gasteiger partial charge in [-0.1, -0.05) is 110 Å². The van der Waals surface area contributed by atoms with E-state index in [0.717, 1.165) is 38.0 Å². The van der Waals surface area contributed by atoms with Gasteiger partial charge in [0.15, 0.2) is 29.5 Å². The van der Waals surface area contributed by atoms with Crippen molar-refractivity contribution in [2.45, 2.75) is 113 Å². The molecule has 0 saturated heterocycles. The zero-order valence-electron chi connectivity index (χ0n) is 20.6. The third-order valence-electron chi connectivity index (χ3n) is 6.20. The molecular weight excluding hydrogens is 473 g/mol. The zero-order valence-corrected chi connectivity index (χ0v) is 24.0. The van der Waals surface area contributed by atoms with Crippen molar-refractivity contribution in [1.82, 2.24) is 0 Å². The molecule has 10 heteroatoms. The van der Waals surface area contributed by atoms with E-state index in [1.807, 2.05) is 0 Å². The first kappa shape index (κ1) is 31.1. The van der Waals surface area contributed by atoms with Gasteiger partial charge in [-0.3, -0.25) is 0 Å². The third-order valence-corrected chi connectivity index (χ3v) is 26.1. The van der Waals surface area contributed by atoms with Crippen LogP contribution < -0.4 is 0 Å². The Morgan fingerprint density at radius 3 is 1.03 bits per heavy atom. The summed E-state index contributed by atoms with van der Waals surface area (Å²) in [5.74, 6) is 0. The lowest BCUT2D eigenvalue weighted by atomic mass is 10.1. The molecule has 31 heavy (non-hydrogen) atoms. The molecule has 0 rings (SSSR count). The fourth-order valence-electron chi connectivity index (χ4n) is 5.07. The highest BCUT2D eigenvalue weighted by Gasteiger charge is 2.68. The predicted molar refractivity (Wildman–Crippen MR) is 135 cm³/mol. The Morgan fingerprint density at radius 1 is 0.516 bits per heavy atom. The first-order valence-electron chi connectivity index (χ1n) is 11.6. The van der Waals surface area contributed by atoms with Crippen LogP contribution in [0.5, 0.6) is 0 Å². The van der Waals surface area contributed by atoms with Crippen molar-refractivity contribution in [3.63, 3.8) is 0 Å². The number of rotatable bonds is 18. The van der Waals surface area contributed by atoms with E-state index >= 15 is 0 Å². The largest absolute Gasteiger partial charge is 0.256 e. The first-order chi connectivity index (χ1) is 14.1. The Bertz CT molecular complexity index is 752. The second kappa shape index (κ2) is 13.1. The molecule has 0 aliphatic heterocycles. The normalized spacial score (nSPS) is 14.1. The van der Waals surface area contributed by atoms with Crippen LogP contribution in [0.15, 0.2) is 0 Å². The van der Waals surface area contributed by atoms with Gasteiger partial charge < -0.3 is 0 Å². The van der Waals surface area contributed by atoms with Crippen LogP contribution in [0.4, 0.5) is 0 Å². The van der Waals surface area contributed by atoms with Gasteiger partial charge in [0.2, 0.25) is 0 Å². The van der Waals surface area contributed by atoms with Gasteiger partial charge in [-0.2, -0.15) is 0 Å². The van der Waals surface area contributed by atoms with Crippen molar-refractivity contribution in [2.24, 2.45) is 0 Å². The average molecular weight is 519 g/mol. The van der Waals surface area contributed by atoms with Gasteiger partial charge in [0.05, 0.1) is 0 Å². The summed E-state index contributed by atoms with van der Waals surface area (Å²) in [5.41, 5.74) is 0. The van der Waals surface area contributed by atoms with Crippen molar-refractivity contribution < 1.29 is 25.3 Å². The van der Waals surface area contributed by atoms with Crippen LogP contribution in [0.3, 0.4) is 0 Å². The van der Waals surface area contributed by atoms with Crippen LogP contribution in [-0.4, -0.2) is 55.1 Å². The van der Waals surface area contributed by atoms with Gasteiger partial charge in [-0.25, -0.2) is 25.3 Å². The van der Waals surface area contributed by atoms with Gasteiger partial charge in [0, 0.05) is 18.8 Å². The fourth-order valence-corrected chi connectivity index (χ4v) is 26.1. The van der Waals surface area contributed by atoms with E-state index in [0.29, 0.717) is 12.5 Å². The van der Waals surface area contributed by atoms with E-state index in [-0.39, 0.29) is 0 Å². The minimum Gasteiger partial charge on any atom is -0.227 e. The topological polar surface area (TPSA) is 102 Å².